The highest BCUT2D eigenvalue weighted by Gasteiger charge is 2.29. The molecule has 1 fully saturated rings. The van der Waals surface area contributed by atoms with Crippen LogP contribution in [0.15, 0.2) is 30.5 Å². The van der Waals surface area contributed by atoms with Crippen LogP contribution in [-0.4, -0.2) is 43.2 Å². The maximum Gasteiger partial charge on any atom is 0.257 e. The van der Waals surface area contributed by atoms with E-state index in [9.17, 15) is 4.79 Å². The Hall–Kier alpha value is -2.63. The van der Waals surface area contributed by atoms with E-state index < -0.39 is 0 Å². The number of piperidine rings is 1. The Morgan fingerprint density at radius 2 is 2.04 bits per heavy atom. The number of para-hydroxylation sites is 2. The number of fused-ring (bicyclic) bond motifs is 1. The number of likely N-dealkylation sites (tertiary alicyclic amines) is 1. The van der Waals surface area contributed by atoms with Crippen molar-refractivity contribution in [1.29, 1.82) is 0 Å². The van der Waals surface area contributed by atoms with Crippen LogP contribution in [-0.2, 0) is 14.1 Å². The number of carbonyl (C=O) groups excluding carboxylic acids is 1. The summed E-state index contributed by atoms with van der Waals surface area (Å²) in [6.07, 6.45) is 3.88. The Morgan fingerprint density at radius 3 is 2.76 bits per heavy atom. The van der Waals surface area contributed by atoms with E-state index in [4.69, 9.17) is 4.98 Å². The van der Waals surface area contributed by atoms with Crippen molar-refractivity contribution in [2.45, 2.75) is 25.7 Å². The molecule has 0 spiro atoms. The second-order valence-corrected chi connectivity index (χ2v) is 6.91. The molecule has 0 radical (unpaired) electrons. The molecule has 6 heteroatoms. The molecule has 25 heavy (non-hydrogen) atoms. The normalized spacial score (nSPS) is 18.0. The first-order chi connectivity index (χ1) is 12.0. The molecular formula is C19H23N5O. The van der Waals surface area contributed by atoms with Gasteiger partial charge in [-0.2, -0.15) is 5.10 Å². The van der Waals surface area contributed by atoms with Crippen LogP contribution in [0, 0.1) is 6.92 Å². The first kappa shape index (κ1) is 15.9. The molecule has 1 aromatic carbocycles. The number of hydrogen-bond donors (Lipinski definition) is 0. The summed E-state index contributed by atoms with van der Waals surface area (Å²) in [7, 11) is 3.92. The van der Waals surface area contributed by atoms with Crippen molar-refractivity contribution in [2.75, 3.05) is 13.1 Å². The van der Waals surface area contributed by atoms with Gasteiger partial charge in [-0.25, -0.2) is 4.98 Å². The molecule has 1 atom stereocenters. The Kier molecular flexibility index (Phi) is 3.82. The average molecular weight is 337 g/mol. The van der Waals surface area contributed by atoms with Crippen molar-refractivity contribution in [3.63, 3.8) is 0 Å². The van der Waals surface area contributed by atoms with E-state index in [1.807, 2.05) is 43.3 Å². The Balaban J connectivity index is 1.61. The third-order valence-corrected chi connectivity index (χ3v) is 5.14. The molecule has 2 aromatic heterocycles. The summed E-state index contributed by atoms with van der Waals surface area (Å²) in [6, 6.07) is 8.19. The zero-order valence-corrected chi connectivity index (χ0v) is 14.9. The summed E-state index contributed by atoms with van der Waals surface area (Å²) in [5.74, 6) is 1.42. The van der Waals surface area contributed by atoms with Gasteiger partial charge in [0.15, 0.2) is 0 Å². The van der Waals surface area contributed by atoms with Crippen LogP contribution < -0.4 is 0 Å². The zero-order valence-electron chi connectivity index (χ0n) is 14.9. The van der Waals surface area contributed by atoms with Gasteiger partial charge in [0.25, 0.3) is 5.91 Å². The quantitative estimate of drug-likeness (QED) is 0.722. The highest BCUT2D eigenvalue weighted by atomic mass is 16.2. The molecule has 1 aliphatic rings. The van der Waals surface area contributed by atoms with Gasteiger partial charge in [-0.3, -0.25) is 9.48 Å². The van der Waals surface area contributed by atoms with Crippen molar-refractivity contribution in [1.82, 2.24) is 24.2 Å². The second kappa shape index (κ2) is 6.02. The monoisotopic (exact) mass is 337 g/mol. The lowest BCUT2D eigenvalue weighted by molar-refractivity contribution is 0.0703. The standard InChI is InChI=1S/C19H23N5O/c1-13-15(12-22(2)21-13)19(25)24-10-6-7-14(11-24)18-20-16-8-4-5-9-17(16)23(18)3/h4-5,8-9,12,14H,6-7,10-11H2,1-3H3. The summed E-state index contributed by atoms with van der Waals surface area (Å²) < 4.78 is 3.87. The summed E-state index contributed by atoms with van der Waals surface area (Å²) in [6.45, 7) is 3.40. The molecular weight excluding hydrogens is 314 g/mol. The lowest BCUT2D eigenvalue weighted by atomic mass is 9.96. The predicted molar refractivity (Wildman–Crippen MR) is 96.5 cm³/mol. The van der Waals surface area contributed by atoms with Gasteiger partial charge in [0.1, 0.15) is 5.82 Å². The molecule has 4 rings (SSSR count). The summed E-state index contributed by atoms with van der Waals surface area (Å²) >= 11 is 0. The maximum atomic E-state index is 12.9. The largest absolute Gasteiger partial charge is 0.338 e. The molecule has 1 saturated heterocycles. The second-order valence-electron chi connectivity index (χ2n) is 6.91. The molecule has 6 nitrogen and oxygen atoms in total. The molecule has 1 aliphatic heterocycles. The SMILES string of the molecule is Cc1nn(C)cc1C(=O)N1CCCC(c2nc3ccccc3n2C)C1. The van der Waals surface area contributed by atoms with Crippen LogP contribution >= 0.6 is 0 Å². The first-order valence-corrected chi connectivity index (χ1v) is 8.75. The van der Waals surface area contributed by atoms with E-state index in [1.165, 1.54) is 0 Å². The van der Waals surface area contributed by atoms with E-state index in [0.717, 1.165) is 41.9 Å². The van der Waals surface area contributed by atoms with Crippen LogP contribution in [0.1, 0.15) is 40.6 Å². The van der Waals surface area contributed by atoms with Crippen LogP contribution in [0.3, 0.4) is 0 Å². The number of nitrogens with zero attached hydrogens (tertiary/aromatic N) is 5. The zero-order chi connectivity index (χ0) is 17.6. The van der Waals surface area contributed by atoms with E-state index in [0.29, 0.717) is 12.1 Å². The molecule has 1 unspecified atom stereocenters. The fraction of sp³-hybridized carbons (Fsp3) is 0.421. The topological polar surface area (TPSA) is 56.0 Å². The third-order valence-electron chi connectivity index (χ3n) is 5.14. The minimum Gasteiger partial charge on any atom is -0.338 e. The van der Waals surface area contributed by atoms with Gasteiger partial charge in [-0.05, 0) is 31.9 Å². The van der Waals surface area contributed by atoms with Crippen molar-refractivity contribution in [2.24, 2.45) is 14.1 Å². The fourth-order valence-corrected chi connectivity index (χ4v) is 3.88. The molecule has 3 aromatic rings. The molecule has 0 bridgehead atoms. The Bertz CT molecular complexity index is 939. The van der Waals surface area contributed by atoms with Crippen molar-refractivity contribution < 1.29 is 4.79 Å². The van der Waals surface area contributed by atoms with Crippen LogP contribution in [0.25, 0.3) is 11.0 Å². The number of hydrogen-bond acceptors (Lipinski definition) is 3. The van der Waals surface area contributed by atoms with Gasteiger partial charge >= 0.3 is 0 Å². The van der Waals surface area contributed by atoms with Crippen LogP contribution in [0.4, 0.5) is 0 Å². The van der Waals surface area contributed by atoms with E-state index in [1.54, 1.807) is 4.68 Å². The van der Waals surface area contributed by atoms with Gasteiger partial charge in [-0.1, -0.05) is 12.1 Å². The minimum atomic E-state index is 0.0778. The lowest BCUT2D eigenvalue weighted by Gasteiger charge is -2.32. The number of amides is 1. The summed E-state index contributed by atoms with van der Waals surface area (Å²) in [5, 5.41) is 4.30. The van der Waals surface area contributed by atoms with Gasteiger partial charge in [0.05, 0.1) is 22.3 Å². The first-order valence-electron chi connectivity index (χ1n) is 8.75. The third kappa shape index (κ3) is 2.71. The Morgan fingerprint density at radius 1 is 1.24 bits per heavy atom. The number of benzene rings is 1. The minimum absolute atomic E-state index is 0.0778. The number of carbonyl (C=O) groups is 1. The van der Waals surface area contributed by atoms with Crippen LogP contribution in [0.2, 0.25) is 0 Å². The van der Waals surface area contributed by atoms with Crippen molar-refractivity contribution >= 4 is 16.9 Å². The van der Waals surface area contributed by atoms with Gasteiger partial charge in [0, 0.05) is 39.3 Å². The summed E-state index contributed by atoms with van der Waals surface area (Å²) in [5.41, 5.74) is 3.65. The van der Waals surface area contributed by atoms with Gasteiger partial charge < -0.3 is 9.47 Å². The molecule has 0 saturated carbocycles. The molecule has 1 amide bonds. The highest BCUT2D eigenvalue weighted by molar-refractivity contribution is 5.95. The molecule has 130 valence electrons. The van der Waals surface area contributed by atoms with Crippen LogP contribution in [0.5, 0.6) is 0 Å². The smallest absolute Gasteiger partial charge is 0.257 e. The number of imidazole rings is 1. The lowest BCUT2D eigenvalue weighted by Crippen LogP contribution is -2.39. The summed E-state index contributed by atoms with van der Waals surface area (Å²) in [4.78, 5) is 19.7. The van der Waals surface area contributed by atoms with Gasteiger partial charge in [-0.15, -0.1) is 0 Å². The Labute approximate surface area is 147 Å². The molecule has 3 heterocycles. The van der Waals surface area contributed by atoms with E-state index >= 15 is 0 Å². The molecule has 0 aliphatic carbocycles. The van der Waals surface area contributed by atoms with Gasteiger partial charge in [0.2, 0.25) is 0 Å². The van der Waals surface area contributed by atoms with E-state index in [-0.39, 0.29) is 11.8 Å². The molecule has 0 N–H and O–H groups in total. The number of aryl methyl sites for hydroxylation is 3. The maximum absolute atomic E-state index is 12.9. The average Bonchev–Trinajstić information content (AvgIpc) is 3.14. The predicted octanol–water partition coefficient (Wildman–Crippen LogP) is 2.64. The van der Waals surface area contributed by atoms with Crippen molar-refractivity contribution in [3.05, 3.63) is 47.5 Å². The highest BCUT2D eigenvalue weighted by Crippen LogP contribution is 2.29. The number of aromatic nitrogens is 4. The van der Waals surface area contributed by atoms with E-state index in [2.05, 4.69) is 22.8 Å². The number of rotatable bonds is 2. The van der Waals surface area contributed by atoms with Crippen molar-refractivity contribution in [3.8, 4) is 0 Å². The fourth-order valence-electron chi connectivity index (χ4n) is 3.88.